The summed E-state index contributed by atoms with van der Waals surface area (Å²) in [6.45, 7) is 18.7. The van der Waals surface area contributed by atoms with Gasteiger partial charge in [-0.05, 0) is 126 Å². The fraction of sp³-hybridized carbons (Fsp3) is 0.211. The molecular formula is C38H44N10O4. The van der Waals surface area contributed by atoms with Gasteiger partial charge in [-0.3, -0.25) is 16.0 Å². The fourth-order valence-electron chi connectivity index (χ4n) is 3.07. The third-order valence-corrected chi connectivity index (χ3v) is 5.79. The van der Waals surface area contributed by atoms with Gasteiger partial charge in [0.2, 0.25) is 17.7 Å². The standard InChI is InChI=1S/C19H21N5O2.C19H4.H3N5O2.8H2/c1-11-9-16(26-23-11)24-15-10-13(20-6)7-8-14(15)21-18(24)22-17(25)12(2)19(3,4)5;1-3-5-7-9-11-13-15-17-19-18-16-14-12-10-8-6-4-2;1-2-3-4-5(6)7;;;;;;;;/h7-10,12H,1-5H3,(H,21,22,25);1H,2H3;(H2,1,3)(H,2,4);8*1H/t12-;;;;;;;;;;/m1........../s1. The van der Waals surface area contributed by atoms with E-state index in [1.165, 1.54) is 5.53 Å². The lowest BCUT2D eigenvalue weighted by Crippen LogP contribution is -2.31. The number of rotatable bonds is 5. The number of nitrogens with two attached hydrogens (primary N) is 1. The molecule has 2 aromatic heterocycles. The molecule has 0 fully saturated rings. The number of anilines is 1. The molecular weight excluding hydrogens is 660 g/mol. The molecule has 0 radical (unpaired) electrons. The van der Waals surface area contributed by atoms with Gasteiger partial charge >= 0.3 is 0 Å². The number of nitrogens with one attached hydrogen (secondary N) is 2. The second kappa shape index (κ2) is 22.9. The number of carbonyl (C=O) groups excluding carboxylic acids is 1. The highest BCUT2D eigenvalue weighted by molar-refractivity contribution is 5.94. The van der Waals surface area contributed by atoms with Crippen LogP contribution in [0.5, 0.6) is 0 Å². The van der Waals surface area contributed by atoms with Crippen molar-refractivity contribution in [3.8, 4) is 113 Å². The Balaban J connectivity index is -0.000000119. The maximum Gasteiger partial charge on any atom is 0.238 e. The zero-order valence-corrected chi connectivity index (χ0v) is 28.8. The van der Waals surface area contributed by atoms with E-state index >= 15 is 0 Å². The molecule has 0 bridgehead atoms. The maximum atomic E-state index is 12.7. The summed E-state index contributed by atoms with van der Waals surface area (Å²) in [6.07, 6.45) is 4.89. The maximum absolute atomic E-state index is 12.7. The predicted octanol–water partition coefficient (Wildman–Crippen LogP) is 6.14. The number of nitro groups is 1. The summed E-state index contributed by atoms with van der Waals surface area (Å²) in [5.74, 6) is 46.7. The van der Waals surface area contributed by atoms with Crippen molar-refractivity contribution in [2.45, 2.75) is 41.5 Å². The van der Waals surface area contributed by atoms with Crippen molar-refractivity contribution in [1.29, 1.82) is 0 Å². The van der Waals surface area contributed by atoms with E-state index in [1.54, 1.807) is 35.8 Å². The van der Waals surface area contributed by atoms with Gasteiger partial charge in [0.15, 0.2) is 10.9 Å². The first-order valence-corrected chi connectivity index (χ1v) is 14.4. The minimum Gasteiger partial charge on any atom is -0.339 e. The van der Waals surface area contributed by atoms with Crippen molar-refractivity contribution in [3.05, 3.63) is 51.5 Å². The Kier molecular flexibility index (Phi) is 18.3. The van der Waals surface area contributed by atoms with E-state index in [-0.39, 0.29) is 28.7 Å². The van der Waals surface area contributed by atoms with Gasteiger partial charge in [-0.25, -0.2) is 14.4 Å². The van der Waals surface area contributed by atoms with Crippen LogP contribution in [0.25, 0.3) is 21.8 Å². The smallest absolute Gasteiger partial charge is 0.238 e. The van der Waals surface area contributed by atoms with Crippen LogP contribution in [-0.2, 0) is 4.79 Å². The molecule has 0 unspecified atom stereocenters. The van der Waals surface area contributed by atoms with E-state index in [2.05, 4.69) is 137 Å². The number of imidazole rings is 1. The molecule has 3 rings (SSSR count). The molecule has 0 saturated heterocycles. The van der Waals surface area contributed by atoms with Crippen LogP contribution in [0, 0.1) is 142 Å². The predicted molar refractivity (Wildman–Crippen MR) is 212 cm³/mol. The third-order valence-electron chi connectivity index (χ3n) is 5.79. The molecule has 14 heteroatoms. The van der Waals surface area contributed by atoms with Crippen molar-refractivity contribution in [1.82, 2.24) is 20.2 Å². The van der Waals surface area contributed by atoms with Crippen molar-refractivity contribution in [2.24, 2.45) is 27.6 Å². The molecule has 0 aliphatic heterocycles. The summed E-state index contributed by atoms with van der Waals surface area (Å²) in [5, 5.41) is 20.4. The van der Waals surface area contributed by atoms with Gasteiger partial charge in [-0.1, -0.05) is 44.8 Å². The average molecular weight is 705 g/mol. The van der Waals surface area contributed by atoms with Crippen LogP contribution < -0.4 is 16.7 Å². The van der Waals surface area contributed by atoms with Crippen molar-refractivity contribution >= 4 is 28.6 Å². The molecule has 0 saturated carbocycles. The van der Waals surface area contributed by atoms with E-state index in [0.717, 1.165) is 0 Å². The molecule has 270 valence electrons. The molecule has 3 aromatic rings. The number of hydrazine groups is 1. The van der Waals surface area contributed by atoms with E-state index in [1.807, 2.05) is 34.6 Å². The van der Waals surface area contributed by atoms with Gasteiger partial charge in [-0.15, -0.1) is 6.42 Å². The van der Waals surface area contributed by atoms with Gasteiger partial charge in [-0.2, -0.15) is 0 Å². The van der Waals surface area contributed by atoms with E-state index in [9.17, 15) is 14.9 Å². The fourth-order valence-corrected chi connectivity index (χ4v) is 3.07. The van der Waals surface area contributed by atoms with Crippen LogP contribution in [0.3, 0.4) is 0 Å². The number of fused-ring (bicyclic) bond motifs is 1. The van der Waals surface area contributed by atoms with Gasteiger partial charge in [0, 0.05) is 28.9 Å². The number of carbonyl (C=O) groups is 1. The Morgan fingerprint density at radius 3 is 1.98 bits per heavy atom. The number of aryl methyl sites for hydroxylation is 1. The van der Waals surface area contributed by atoms with Gasteiger partial charge in [0.05, 0.1) is 33.6 Å². The number of benzene rings is 1. The third kappa shape index (κ3) is 15.9. The summed E-state index contributed by atoms with van der Waals surface area (Å²) in [6, 6.07) is 6.93. The number of hydrogen-bond donors (Lipinski definition) is 3. The molecule has 0 aliphatic carbocycles. The number of aromatic nitrogens is 3. The summed E-state index contributed by atoms with van der Waals surface area (Å²) in [4.78, 5) is 29.9. The van der Waals surface area contributed by atoms with Crippen LogP contribution in [-0.4, -0.2) is 25.6 Å². The van der Waals surface area contributed by atoms with E-state index < -0.39 is 5.03 Å². The number of terminal acetylenes is 1. The Labute approximate surface area is 313 Å². The molecule has 14 nitrogen and oxygen atoms in total. The number of amides is 1. The van der Waals surface area contributed by atoms with E-state index in [0.29, 0.717) is 34.2 Å². The van der Waals surface area contributed by atoms with Crippen LogP contribution in [0.1, 0.15) is 51.7 Å². The SMILES string of the molecule is C#CC#CC#CC#CC#CC#CC#CC#CC#CC.NN=NN[N+](=O)[O-].[C-]#[N+]c1ccc2nc(NC(=O)[C@@H](C)C(C)(C)C)n(-c3cc(C)no3)c2c1.[HH].[HH].[HH].[HH].[HH].[HH].[HH].[HH]. The second-order valence-corrected chi connectivity index (χ2v) is 10.3. The first kappa shape index (κ1) is 41.5. The van der Waals surface area contributed by atoms with Crippen LogP contribution >= 0.6 is 0 Å². The monoisotopic (exact) mass is 704 g/mol. The average Bonchev–Trinajstić information content (AvgIpc) is 3.70. The summed E-state index contributed by atoms with van der Waals surface area (Å²) >= 11 is 0. The molecule has 2 heterocycles. The zero-order chi connectivity index (χ0) is 38.8. The minimum atomic E-state index is -0.879. The quantitative estimate of drug-likeness (QED) is 0.0707. The second-order valence-electron chi connectivity index (χ2n) is 10.3. The Bertz CT molecular complexity index is 2460. The zero-order valence-electron chi connectivity index (χ0n) is 28.8. The summed E-state index contributed by atoms with van der Waals surface area (Å²) < 4.78 is 7.06. The van der Waals surface area contributed by atoms with Gasteiger partial charge in [0.1, 0.15) is 0 Å². The normalized spacial score (nSPS) is 9.00. The molecule has 0 spiro atoms. The molecule has 52 heavy (non-hydrogen) atoms. The summed E-state index contributed by atoms with van der Waals surface area (Å²) in [5.41, 5.74) is 3.70. The Hall–Kier alpha value is -8.50. The lowest BCUT2D eigenvalue weighted by Gasteiger charge is -2.25. The topological polar surface area (TPSA) is 183 Å². The molecule has 1 amide bonds. The minimum absolute atomic E-state index is 0. The van der Waals surface area contributed by atoms with Crippen molar-refractivity contribution in [2.75, 3.05) is 5.32 Å². The molecule has 1 atom stereocenters. The van der Waals surface area contributed by atoms with Gasteiger partial charge < -0.3 is 14.6 Å². The summed E-state index contributed by atoms with van der Waals surface area (Å²) in [7, 11) is 0. The van der Waals surface area contributed by atoms with E-state index in [4.69, 9.17) is 17.5 Å². The van der Waals surface area contributed by atoms with Crippen molar-refractivity contribution in [3.63, 3.8) is 0 Å². The Morgan fingerprint density at radius 2 is 1.58 bits per heavy atom. The molecule has 1 aromatic carbocycles. The van der Waals surface area contributed by atoms with Crippen LogP contribution in [0.15, 0.2) is 39.2 Å². The number of hydrogen-bond acceptors (Lipinski definition) is 8. The Morgan fingerprint density at radius 1 is 1.04 bits per heavy atom. The van der Waals surface area contributed by atoms with Gasteiger partial charge in [0.25, 0.3) is 0 Å². The van der Waals surface area contributed by atoms with Crippen LogP contribution in [0.4, 0.5) is 11.6 Å². The highest BCUT2D eigenvalue weighted by Crippen LogP contribution is 2.30. The first-order chi connectivity index (χ1) is 24.9. The highest BCUT2D eigenvalue weighted by atomic mass is 16.7. The number of nitrogens with zero attached hydrogens (tertiary/aromatic N) is 7. The lowest BCUT2D eigenvalue weighted by atomic mass is 9.81. The lowest BCUT2D eigenvalue weighted by molar-refractivity contribution is -0.546. The highest BCUT2D eigenvalue weighted by Gasteiger charge is 2.28. The molecule has 0 aliphatic rings. The van der Waals surface area contributed by atoms with Crippen molar-refractivity contribution < 1.29 is 25.8 Å². The largest absolute Gasteiger partial charge is 0.339 e. The molecule has 4 N–H and O–H groups in total. The van der Waals surface area contributed by atoms with Crippen LogP contribution in [0.2, 0.25) is 0 Å². The first-order valence-electron chi connectivity index (χ1n) is 14.4.